The van der Waals surface area contributed by atoms with Crippen LogP contribution in [0.4, 0.5) is 4.79 Å². The third kappa shape index (κ3) is 5.05. The summed E-state index contributed by atoms with van der Waals surface area (Å²) in [6.07, 6.45) is 0. The molecule has 0 rings (SSSR count). The van der Waals surface area contributed by atoms with Gasteiger partial charge >= 0.3 is 6.03 Å². The van der Waals surface area contributed by atoms with Gasteiger partial charge in [0.2, 0.25) is 0 Å². The Bertz CT molecular complexity index is 85.9. The number of urea groups is 1. The molecule has 0 aliphatic heterocycles. The molecule has 0 saturated carbocycles. The molecule has 0 bridgehead atoms. The lowest BCUT2D eigenvalue weighted by atomic mass is 10.7. The molecule has 0 radical (unpaired) electrons. The minimum atomic E-state index is -0.480. The van der Waals surface area contributed by atoms with Crippen molar-refractivity contribution in [3.8, 4) is 0 Å². The van der Waals surface area contributed by atoms with Crippen LogP contribution in [0.3, 0.4) is 0 Å². The predicted molar refractivity (Wildman–Crippen MR) is 30.7 cm³/mol. The molecule has 0 heterocycles. The van der Waals surface area contributed by atoms with Gasteiger partial charge in [-0.05, 0) is 0 Å². The number of aliphatic hydroxyl groups is 2. The van der Waals surface area contributed by atoms with Gasteiger partial charge in [0, 0.05) is 6.54 Å². The van der Waals surface area contributed by atoms with Crippen molar-refractivity contribution in [3.63, 3.8) is 0 Å². The molecule has 4 N–H and O–H groups in total. The first-order chi connectivity index (χ1) is 4.31. The molecule has 5 heteroatoms. The first-order valence-corrected chi connectivity index (χ1v) is 2.54. The standard InChI is InChI=1S/C4H10N2O3/c7-2-1-5-4(9)6-3-8/h7-8H,1-3H2,(H2,5,6,9). The summed E-state index contributed by atoms with van der Waals surface area (Å²) in [5, 5.41) is 20.6. The summed E-state index contributed by atoms with van der Waals surface area (Å²) >= 11 is 0. The van der Waals surface area contributed by atoms with Crippen LogP contribution in [0, 0.1) is 0 Å². The van der Waals surface area contributed by atoms with E-state index < -0.39 is 12.8 Å². The van der Waals surface area contributed by atoms with Gasteiger partial charge in [0.15, 0.2) is 0 Å². The second-order valence-corrected chi connectivity index (χ2v) is 1.31. The Morgan fingerprint density at radius 3 is 2.44 bits per heavy atom. The smallest absolute Gasteiger partial charge is 0.316 e. The topological polar surface area (TPSA) is 81.6 Å². The van der Waals surface area contributed by atoms with Gasteiger partial charge in [0.25, 0.3) is 0 Å². The van der Waals surface area contributed by atoms with Gasteiger partial charge < -0.3 is 20.8 Å². The van der Waals surface area contributed by atoms with Gasteiger partial charge in [-0.1, -0.05) is 0 Å². The normalized spacial score (nSPS) is 8.67. The lowest BCUT2D eigenvalue weighted by Gasteiger charge is -2.01. The van der Waals surface area contributed by atoms with E-state index in [1.165, 1.54) is 0 Å². The second-order valence-electron chi connectivity index (χ2n) is 1.31. The van der Waals surface area contributed by atoms with Crippen molar-refractivity contribution in [1.29, 1.82) is 0 Å². The van der Waals surface area contributed by atoms with Crippen LogP contribution in [0.25, 0.3) is 0 Å². The number of rotatable bonds is 3. The third-order valence-corrected chi connectivity index (χ3v) is 0.637. The molecule has 0 aromatic heterocycles. The monoisotopic (exact) mass is 134 g/mol. The molecular formula is C4H10N2O3. The zero-order valence-electron chi connectivity index (χ0n) is 4.92. The minimum absolute atomic E-state index is 0.0984. The first kappa shape index (κ1) is 8.19. The van der Waals surface area contributed by atoms with Crippen LogP contribution in [-0.2, 0) is 0 Å². The fourth-order valence-corrected chi connectivity index (χ4v) is 0.304. The van der Waals surface area contributed by atoms with Crippen LogP contribution in [0.1, 0.15) is 0 Å². The Morgan fingerprint density at radius 2 is 2.00 bits per heavy atom. The summed E-state index contributed by atoms with van der Waals surface area (Å²) in [5.74, 6) is 0. The van der Waals surface area contributed by atoms with Crippen LogP contribution in [0.2, 0.25) is 0 Å². The van der Waals surface area contributed by atoms with Crippen molar-refractivity contribution < 1.29 is 15.0 Å². The Kier molecular flexibility index (Phi) is 4.85. The fraction of sp³-hybridized carbons (Fsp3) is 0.750. The van der Waals surface area contributed by atoms with E-state index in [1.54, 1.807) is 0 Å². The van der Waals surface area contributed by atoms with Crippen molar-refractivity contribution in [2.45, 2.75) is 0 Å². The van der Waals surface area contributed by atoms with E-state index in [9.17, 15) is 4.79 Å². The number of hydrogen-bond acceptors (Lipinski definition) is 3. The van der Waals surface area contributed by atoms with Gasteiger partial charge in [0.05, 0.1) is 6.61 Å². The molecule has 0 aliphatic rings. The van der Waals surface area contributed by atoms with Crippen LogP contribution >= 0.6 is 0 Å². The Labute approximate surface area is 52.7 Å². The average Bonchev–Trinajstić information content (AvgIpc) is 1.85. The number of carbonyl (C=O) groups is 1. The van der Waals surface area contributed by atoms with Gasteiger partial charge in [-0.2, -0.15) is 0 Å². The van der Waals surface area contributed by atoms with E-state index >= 15 is 0 Å². The van der Waals surface area contributed by atoms with Crippen molar-refractivity contribution in [2.24, 2.45) is 0 Å². The van der Waals surface area contributed by atoms with Gasteiger partial charge in [-0.15, -0.1) is 0 Å². The van der Waals surface area contributed by atoms with Crippen LogP contribution in [-0.4, -0.2) is 36.1 Å². The summed E-state index contributed by atoms with van der Waals surface area (Å²) in [6, 6.07) is -0.480. The molecule has 0 spiro atoms. The summed E-state index contributed by atoms with van der Waals surface area (Å²) in [4.78, 5) is 10.3. The maximum atomic E-state index is 10.3. The summed E-state index contributed by atoms with van der Waals surface area (Å²) in [5.41, 5.74) is 0. The van der Waals surface area contributed by atoms with Crippen molar-refractivity contribution >= 4 is 6.03 Å². The Hall–Kier alpha value is -0.810. The van der Waals surface area contributed by atoms with Gasteiger partial charge in [-0.3, -0.25) is 0 Å². The van der Waals surface area contributed by atoms with Gasteiger partial charge in [0.1, 0.15) is 6.73 Å². The number of carbonyl (C=O) groups excluding carboxylic acids is 1. The predicted octanol–water partition coefficient (Wildman–Crippen LogP) is -1.77. The quantitative estimate of drug-likeness (QED) is 0.345. The lowest BCUT2D eigenvalue weighted by Crippen LogP contribution is -2.37. The largest absolute Gasteiger partial charge is 0.395 e. The first-order valence-electron chi connectivity index (χ1n) is 2.54. The van der Waals surface area contributed by atoms with E-state index in [2.05, 4.69) is 10.6 Å². The maximum absolute atomic E-state index is 10.3. The molecule has 0 atom stereocenters. The third-order valence-electron chi connectivity index (χ3n) is 0.637. The van der Waals surface area contributed by atoms with Crippen molar-refractivity contribution in [3.05, 3.63) is 0 Å². The van der Waals surface area contributed by atoms with E-state index in [-0.39, 0.29) is 13.2 Å². The summed E-state index contributed by atoms with van der Waals surface area (Å²) in [6.45, 7) is -0.290. The second kappa shape index (κ2) is 5.33. The van der Waals surface area contributed by atoms with Gasteiger partial charge in [-0.25, -0.2) is 4.79 Å². The molecule has 0 aromatic rings. The SMILES string of the molecule is O=C(NCO)NCCO. The van der Waals surface area contributed by atoms with E-state index in [0.29, 0.717) is 0 Å². The number of hydrogen-bond donors (Lipinski definition) is 4. The van der Waals surface area contributed by atoms with Crippen molar-refractivity contribution in [1.82, 2.24) is 10.6 Å². The molecule has 0 saturated heterocycles. The minimum Gasteiger partial charge on any atom is -0.395 e. The molecule has 54 valence electrons. The molecule has 2 amide bonds. The molecule has 0 unspecified atom stereocenters. The molecular weight excluding hydrogens is 124 g/mol. The Balaban J connectivity index is 3.06. The van der Waals surface area contributed by atoms with E-state index in [0.717, 1.165) is 0 Å². The summed E-state index contributed by atoms with van der Waals surface area (Å²) < 4.78 is 0. The maximum Gasteiger partial charge on any atom is 0.316 e. The average molecular weight is 134 g/mol. The van der Waals surface area contributed by atoms with Crippen molar-refractivity contribution in [2.75, 3.05) is 19.9 Å². The number of nitrogens with one attached hydrogen (secondary N) is 2. The highest BCUT2D eigenvalue weighted by Crippen LogP contribution is 1.60. The highest BCUT2D eigenvalue weighted by atomic mass is 16.3. The number of amides is 2. The lowest BCUT2D eigenvalue weighted by molar-refractivity contribution is 0.213. The summed E-state index contributed by atoms with van der Waals surface area (Å²) in [7, 11) is 0. The van der Waals surface area contributed by atoms with E-state index in [1.807, 2.05) is 0 Å². The molecule has 5 nitrogen and oxygen atoms in total. The Morgan fingerprint density at radius 1 is 1.33 bits per heavy atom. The fourth-order valence-electron chi connectivity index (χ4n) is 0.304. The highest BCUT2D eigenvalue weighted by molar-refractivity contribution is 5.73. The zero-order valence-corrected chi connectivity index (χ0v) is 4.92. The molecule has 0 aliphatic carbocycles. The highest BCUT2D eigenvalue weighted by Gasteiger charge is 1.93. The molecule has 0 fully saturated rings. The molecule has 9 heavy (non-hydrogen) atoms. The van der Waals surface area contributed by atoms with Crippen LogP contribution in [0.5, 0.6) is 0 Å². The number of aliphatic hydroxyl groups excluding tert-OH is 2. The zero-order chi connectivity index (χ0) is 7.11. The van der Waals surface area contributed by atoms with Crippen LogP contribution in [0.15, 0.2) is 0 Å². The van der Waals surface area contributed by atoms with E-state index in [4.69, 9.17) is 10.2 Å². The molecule has 0 aromatic carbocycles. The van der Waals surface area contributed by atoms with Crippen LogP contribution < -0.4 is 10.6 Å².